The van der Waals surface area contributed by atoms with E-state index in [1.165, 1.54) is 6.07 Å². The lowest BCUT2D eigenvalue weighted by Crippen LogP contribution is -2.54. The molecular formula is C22H23FN8. The first-order valence-corrected chi connectivity index (χ1v) is 10.2. The van der Waals surface area contributed by atoms with Crippen LogP contribution in [0.25, 0.3) is 21.8 Å². The van der Waals surface area contributed by atoms with Crippen LogP contribution in [0.15, 0.2) is 30.5 Å². The molecule has 2 aromatic heterocycles. The number of nitriles is 1. The average molecular weight is 418 g/mol. The van der Waals surface area contributed by atoms with Gasteiger partial charge in [0.15, 0.2) is 11.6 Å². The van der Waals surface area contributed by atoms with E-state index in [2.05, 4.69) is 50.7 Å². The number of benzene rings is 2. The van der Waals surface area contributed by atoms with Gasteiger partial charge in [-0.15, -0.1) is 0 Å². The molecule has 0 unspecified atom stereocenters. The average Bonchev–Trinajstić information content (AvgIpc) is 3.30. The first-order chi connectivity index (χ1) is 14.9. The van der Waals surface area contributed by atoms with E-state index in [0.29, 0.717) is 45.4 Å². The Morgan fingerprint density at radius 1 is 1.19 bits per heavy atom. The number of aryl methyl sites for hydroxylation is 1. The lowest BCUT2D eigenvalue weighted by atomic mass is 10.1. The van der Waals surface area contributed by atoms with Gasteiger partial charge in [0.2, 0.25) is 0 Å². The van der Waals surface area contributed by atoms with Crippen molar-refractivity contribution >= 4 is 39.0 Å². The molecule has 1 fully saturated rings. The number of nitrogens with zero attached hydrogens (tertiary/aromatic N) is 5. The maximum Gasteiger partial charge on any atom is 0.161 e. The Bertz CT molecular complexity index is 1320. The van der Waals surface area contributed by atoms with E-state index in [1.807, 2.05) is 18.2 Å². The minimum Gasteiger partial charge on any atom is -0.368 e. The van der Waals surface area contributed by atoms with Crippen molar-refractivity contribution in [2.45, 2.75) is 25.9 Å². The van der Waals surface area contributed by atoms with Crippen molar-refractivity contribution in [3.05, 3.63) is 41.8 Å². The van der Waals surface area contributed by atoms with Crippen molar-refractivity contribution in [3.63, 3.8) is 0 Å². The van der Waals surface area contributed by atoms with Crippen molar-refractivity contribution in [3.8, 4) is 6.07 Å². The lowest BCUT2D eigenvalue weighted by Gasteiger charge is -2.37. The van der Waals surface area contributed by atoms with E-state index < -0.39 is 5.82 Å². The molecule has 9 heteroatoms. The molecule has 0 aliphatic carbocycles. The van der Waals surface area contributed by atoms with Crippen molar-refractivity contribution in [2.75, 3.05) is 23.3 Å². The molecule has 158 valence electrons. The molecule has 0 saturated carbocycles. The van der Waals surface area contributed by atoms with Crippen molar-refractivity contribution in [1.82, 2.24) is 25.3 Å². The summed E-state index contributed by atoms with van der Waals surface area (Å²) in [6.45, 7) is 6.04. The third-order valence-corrected chi connectivity index (χ3v) is 5.63. The van der Waals surface area contributed by atoms with Crippen LogP contribution in [0, 0.1) is 17.1 Å². The highest BCUT2D eigenvalue weighted by Gasteiger charge is 2.23. The van der Waals surface area contributed by atoms with Gasteiger partial charge in [-0.1, -0.05) is 0 Å². The number of aromatic nitrogens is 4. The van der Waals surface area contributed by atoms with Gasteiger partial charge in [0.05, 0.1) is 16.5 Å². The molecule has 5 rings (SSSR count). The zero-order valence-electron chi connectivity index (χ0n) is 17.6. The van der Waals surface area contributed by atoms with Gasteiger partial charge < -0.3 is 15.5 Å². The maximum absolute atomic E-state index is 14.5. The first-order valence-electron chi connectivity index (χ1n) is 10.2. The fraction of sp³-hybridized carbons (Fsp3) is 0.318. The number of hydrogen-bond acceptors (Lipinski definition) is 6. The predicted octanol–water partition coefficient (Wildman–Crippen LogP) is 3.39. The summed E-state index contributed by atoms with van der Waals surface area (Å²) in [5.74, 6) is 0.0768. The molecule has 3 heterocycles. The molecule has 1 saturated heterocycles. The summed E-state index contributed by atoms with van der Waals surface area (Å²) in [5.41, 5.74) is 3.14. The van der Waals surface area contributed by atoms with Gasteiger partial charge in [-0.25, -0.2) is 4.39 Å². The van der Waals surface area contributed by atoms with Crippen LogP contribution in [0.1, 0.15) is 19.4 Å². The molecule has 1 aliphatic heterocycles. The van der Waals surface area contributed by atoms with Crippen molar-refractivity contribution in [2.24, 2.45) is 7.05 Å². The third-order valence-electron chi connectivity index (χ3n) is 5.63. The second-order valence-corrected chi connectivity index (χ2v) is 8.30. The monoisotopic (exact) mass is 418 g/mol. The highest BCUT2D eigenvalue weighted by Crippen LogP contribution is 2.33. The number of nitrogens with one attached hydrogen (secondary N) is 3. The number of fused-ring (bicyclic) bond motifs is 2. The van der Waals surface area contributed by atoms with Crippen molar-refractivity contribution < 1.29 is 4.39 Å². The molecule has 31 heavy (non-hydrogen) atoms. The highest BCUT2D eigenvalue weighted by atomic mass is 19.1. The topological polar surface area (TPSA) is 97.6 Å². The summed E-state index contributed by atoms with van der Waals surface area (Å²) in [5, 5.41) is 29.4. The molecule has 1 aliphatic rings. The van der Waals surface area contributed by atoms with Gasteiger partial charge in [0, 0.05) is 55.2 Å². The fourth-order valence-corrected chi connectivity index (χ4v) is 4.46. The molecule has 2 atom stereocenters. The third kappa shape index (κ3) is 3.45. The number of hydrogen-bond donors (Lipinski definition) is 3. The van der Waals surface area contributed by atoms with Gasteiger partial charge in [0.25, 0.3) is 0 Å². The Kier molecular flexibility index (Phi) is 4.52. The van der Waals surface area contributed by atoms with Crippen LogP contribution in [0.3, 0.4) is 0 Å². The Labute approximate surface area is 178 Å². The van der Waals surface area contributed by atoms with Gasteiger partial charge >= 0.3 is 0 Å². The Balaban J connectivity index is 1.53. The van der Waals surface area contributed by atoms with Crippen LogP contribution in [0.4, 0.5) is 21.6 Å². The van der Waals surface area contributed by atoms with Crippen LogP contribution >= 0.6 is 0 Å². The van der Waals surface area contributed by atoms with E-state index in [1.54, 1.807) is 17.9 Å². The summed E-state index contributed by atoms with van der Waals surface area (Å²) in [6, 6.07) is 10.1. The Morgan fingerprint density at radius 3 is 2.71 bits per heavy atom. The molecule has 2 aromatic carbocycles. The van der Waals surface area contributed by atoms with E-state index in [4.69, 9.17) is 0 Å². The number of anilines is 3. The molecule has 0 bridgehead atoms. The molecule has 0 amide bonds. The molecule has 4 aromatic rings. The fourth-order valence-electron chi connectivity index (χ4n) is 4.46. The summed E-state index contributed by atoms with van der Waals surface area (Å²) >= 11 is 0. The zero-order chi connectivity index (χ0) is 21.7. The second-order valence-electron chi connectivity index (χ2n) is 8.30. The molecule has 3 N–H and O–H groups in total. The minimum absolute atomic E-state index is 0.321. The van der Waals surface area contributed by atoms with Crippen molar-refractivity contribution in [1.29, 1.82) is 5.26 Å². The van der Waals surface area contributed by atoms with Gasteiger partial charge in [-0.2, -0.15) is 15.5 Å². The number of H-pyrrole nitrogens is 1. The smallest absolute Gasteiger partial charge is 0.161 e. The Morgan fingerprint density at radius 2 is 1.97 bits per heavy atom. The standard InChI is InChI=1S/C22H23FN8/c1-12-9-31(10-13(2)25-12)17-5-14(8-24)20-19(7-17)27-28-22(20)26-16-4-15-11-30(3)29-21(15)18(23)6-16/h4-7,11-13,25H,9-10H2,1-3H3,(H2,26,27,28)/t12-,13-/m1/s1. The number of piperazine rings is 1. The van der Waals surface area contributed by atoms with Gasteiger partial charge in [0.1, 0.15) is 11.6 Å². The first kappa shape index (κ1) is 19.3. The van der Waals surface area contributed by atoms with Crippen LogP contribution in [-0.4, -0.2) is 45.2 Å². The summed E-state index contributed by atoms with van der Waals surface area (Å²) < 4.78 is 16.0. The van der Waals surface area contributed by atoms with E-state index >= 15 is 0 Å². The summed E-state index contributed by atoms with van der Waals surface area (Å²) in [6.07, 6.45) is 1.76. The molecule has 0 radical (unpaired) electrons. The van der Waals surface area contributed by atoms with Crippen LogP contribution in [0.2, 0.25) is 0 Å². The van der Waals surface area contributed by atoms with E-state index in [9.17, 15) is 9.65 Å². The van der Waals surface area contributed by atoms with E-state index in [-0.39, 0.29) is 0 Å². The number of rotatable bonds is 3. The number of aromatic amines is 1. The largest absolute Gasteiger partial charge is 0.368 e. The minimum atomic E-state index is -0.412. The molecular weight excluding hydrogens is 395 g/mol. The second kappa shape index (κ2) is 7.25. The van der Waals surface area contributed by atoms with E-state index in [0.717, 1.165) is 24.3 Å². The summed E-state index contributed by atoms with van der Waals surface area (Å²) in [7, 11) is 1.75. The number of halogens is 1. The van der Waals surface area contributed by atoms with Gasteiger partial charge in [-0.3, -0.25) is 9.78 Å². The lowest BCUT2D eigenvalue weighted by molar-refractivity contribution is 0.407. The molecule has 0 spiro atoms. The van der Waals surface area contributed by atoms with Gasteiger partial charge in [-0.05, 0) is 38.1 Å². The highest BCUT2D eigenvalue weighted by molar-refractivity contribution is 5.98. The molecule has 8 nitrogen and oxygen atoms in total. The SMILES string of the molecule is C[C@@H]1CN(c2cc(C#N)c3c(Nc4cc(F)c5nn(C)cc5c4)n[nH]c3c2)C[C@@H](C)N1. The maximum atomic E-state index is 14.5. The Hall–Kier alpha value is -3.64. The predicted molar refractivity (Wildman–Crippen MR) is 119 cm³/mol. The zero-order valence-corrected chi connectivity index (χ0v) is 17.6. The van der Waals surface area contributed by atoms with Crippen LogP contribution in [0.5, 0.6) is 0 Å². The summed E-state index contributed by atoms with van der Waals surface area (Å²) in [4.78, 5) is 2.28. The van der Waals surface area contributed by atoms with Crippen LogP contribution < -0.4 is 15.5 Å². The quantitative estimate of drug-likeness (QED) is 0.472. The van der Waals surface area contributed by atoms with Crippen LogP contribution in [-0.2, 0) is 7.05 Å². The normalized spacial score (nSPS) is 19.1.